The lowest BCUT2D eigenvalue weighted by molar-refractivity contribution is 0.468. The van der Waals surface area contributed by atoms with Crippen LogP contribution in [0.1, 0.15) is 50.7 Å². The lowest BCUT2D eigenvalue weighted by Gasteiger charge is -2.13. The number of phenols is 1. The molecule has 0 aliphatic heterocycles. The quantitative estimate of drug-likeness (QED) is 0.641. The predicted octanol–water partition coefficient (Wildman–Crippen LogP) is 5.74. The van der Waals surface area contributed by atoms with Gasteiger partial charge in [0.25, 0.3) is 0 Å². The van der Waals surface area contributed by atoms with E-state index < -0.39 is 0 Å². The van der Waals surface area contributed by atoms with Gasteiger partial charge in [0.1, 0.15) is 5.75 Å². The monoisotopic (exact) mass is 282 g/mol. The number of rotatable bonds is 7. The zero-order chi connectivity index (χ0) is 15.1. The molecule has 0 atom stereocenters. The van der Waals surface area contributed by atoms with Crippen molar-refractivity contribution < 1.29 is 5.11 Å². The fourth-order valence-corrected chi connectivity index (χ4v) is 2.84. The Bertz CT molecular complexity index is 572. The molecule has 2 aromatic rings. The number of para-hydroxylation sites is 1. The normalized spacial score (nSPS) is 10.8. The molecule has 0 radical (unpaired) electrons. The number of benzene rings is 2. The van der Waals surface area contributed by atoms with Crippen molar-refractivity contribution in [3.8, 4) is 16.9 Å². The highest BCUT2D eigenvalue weighted by Crippen LogP contribution is 2.35. The molecule has 112 valence electrons. The van der Waals surface area contributed by atoms with E-state index in [0.29, 0.717) is 5.75 Å². The SMILES string of the molecule is CCCCCCc1cccc(-c2ccccc2CC)c1O. The second kappa shape index (κ2) is 7.87. The van der Waals surface area contributed by atoms with Crippen LogP contribution in [0, 0.1) is 0 Å². The third-order valence-corrected chi connectivity index (χ3v) is 4.11. The first-order chi connectivity index (χ1) is 10.3. The fraction of sp³-hybridized carbons (Fsp3) is 0.400. The van der Waals surface area contributed by atoms with Crippen molar-refractivity contribution in [2.75, 3.05) is 0 Å². The molecule has 1 N–H and O–H groups in total. The van der Waals surface area contributed by atoms with Crippen LogP contribution in [0.25, 0.3) is 11.1 Å². The average molecular weight is 282 g/mol. The van der Waals surface area contributed by atoms with Crippen molar-refractivity contribution >= 4 is 0 Å². The van der Waals surface area contributed by atoms with Gasteiger partial charge in [-0.25, -0.2) is 0 Å². The van der Waals surface area contributed by atoms with Gasteiger partial charge in [-0.2, -0.15) is 0 Å². The Hall–Kier alpha value is -1.76. The number of hydrogen-bond acceptors (Lipinski definition) is 1. The minimum atomic E-state index is 0.467. The first kappa shape index (κ1) is 15.6. The van der Waals surface area contributed by atoms with E-state index in [-0.39, 0.29) is 0 Å². The van der Waals surface area contributed by atoms with Crippen molar-refractivity contribution in [1.29, 1.82) is 0 Å². The lowest BCUT2D eigenvalue weighted by atomic mass is 9.94. The molecule has 2 rings (SSSR count). The molecule has 0 aromatic heterocycles. The molecule has 1 heteroatoms. The molecular weight excluding hydrogens is 256 g/mol. The molecule has 0 aliphatic carbocycles. The van der Waals surface area contributed by atoms with Gasteiger partial charge in [0.15, 0.2) is 0 Å². The van der Waals surface area contributed by atoms with E-state index in [4.69, 9.17) is 0 Å². The van der Waals surface area contributed by atoms with Crippen LogP contribution in [-0.2, 0) is 12.8 Å². The molecule has 21 heavy (non-hydrogen) atoms. The molecule has 0 heterocycles. The summed E-state index contributed by atoms with van der Waals surface area (Å²) in [4.78, 5) is 0. The van der Waals surface area contributed by atoms with Crippen molar-refractivity contribution in [1.82, 2.24) is 0 Å². The van der Waals surface area contributed by atoms with Crippen LogP contribution in [0.15, 0.2) is 42.5 Å². The van der Waals surface area contributed by atoms with E-state index in [9.17, 15) is 5.11 Å². The molecule has 0 aliphatic rings. The summed E-state index contributed by atoms with van der Waals surface area (Å²) < 4.78 is 0. The van der Waals surface area contributed by atoms with Crippen LogP contribution < -0.4 is 0 Å². The zero-order valence-electron chi connectivity index (χ0n) is 13.2. The van der Waals surface area contributed by atoms with Crippen LogP contribution in [-0.4, -0.2) is 5.11 Å². The van der Waals surface area contributed by atoms with Gasteiger partial charge in [0, 0.05) is 5.56 Å². The summed E-state index contributed by atoms with van der Waals surface area (Å²) in [7, 11) is 0. The summed E-state index contributed by atoms with van der Waals surface area (Å²) in [5, 5.41) is 10.6. The summed E-state index contributed by atoms with van der Waals surface area (Å²) >= 11 is 0. The predicted molar refractivity (Wildman–Crippen MR) is 90.8 cm³/mol. The molecule has 0 unspecified atom stereocenters. The van der Waals surface area contributed by atoms with E-state index in [0.717, 1.165) is 36.0 Å². The Balaban J connectivity index is 2.25. The molecule has 1 nitrogen and oxygen atoms in total. The second-order valence-corrected chi connectivity index (χ2v) is 5.63. The lowest BCUT2D eigenvalue weighted by Crippen LogP contribution is -1.92. The molecule has 2 aromatic carbocycles. The Morgan fingerprint density at radius 1 is 0.762 bits per heavy atom. The smallest absolute Gasteiger partial charge is 0.126 e. The molecule has 0 saturated carbocycles. The standard InChI is InChI=1S/C20H26O/c1-3-5-6-7-12-17-13-10-15-19(20(17)21)18-14-9-8-11-16(18)4-2/h8-11,13-15,21H,3-7,12H2,1-2H3. The summed E-state index contributed by atoms with van der Waals surface area (Å²) in [5.41, 5.74) is 4.50. The Labute approximate surface area is 128 Å². The second-order valence-electron chi connectivity index (χ2n) is 5.63. The third kappa shape index (κ3) is 3.87. The highest BCUT2D eigenvalue weighted by atomic mass is 16.3. The number of unbranched alkanes of at least 4 members (excludes halogenated alkanes) is 3. The molecule has 0 amide bonds. The maximum absolute atomic E-state index is 10.6. The zero-order valence-corrected chi connectivity index (χ0v) is 13.2. The number of aryl methyl sites for hydroxylation is 2. The van der Waals surface area contributed by atoms with Gasteiger partial charge in [0.2, 0.25) is 0 Å². The van der Waals surface area contributed by atoms with Gasteiger partial charge in [-0.1, -0.05) is 75.6 Å². The first-order valence-corrected chi connectivity index (χ1v) is 8.17. The van der Waals surface area contributed by atoms with Gasteiger partial charge in [-0.05, 0) is 36.0 Å². The highest BCUT2D eigenvalue weighted by Gasteiger charge is 2.11. The number of hydrogen-bond donors (Lipinski definition) is 1. The third-order valence-electron chi connectivity index (χ3n) is 4.11. The van der Waals surface area contributed by atoms with Crippen molar-refractivity contribution in [3.05, 3.63) is 53.6 Å². The summed E-state index contributed by atoms with van der Waals surface area (Å²) in [6.45, 7) is 4.38. The largest absolute Gasteiger partial charge is 0.507 e. The Morgan fingerprint density at radius 3 is 2.24 bits per heavy atom. The minimum absolute atomic E-state index is 0.467. The van der Waals surface area contributed by atoms with Crippen molar-refractivity contribution in [2.45, 2.75) is 52.4 Å². The summed E-state index contributed by atoms with van der Waals surface area (Å²) in [5.74, 6) is 0.467. The van der Waals surface area contributed by atoms with Gasteiger partial charge in [-0.3, -0.25) is 0 Å². The molecule has 0 spiro atoms. The number of aromatic hydroxyl groups is 1. The Morgan fingerprint density at radius 2 is 1.48 bits per heavy atom. The summed E-state index contributed by atoms with van der Waals surface area (Å²) in [6, 6.07) is 14.5. The van der Waals surface area contributed by atoms with Crippen molar-refractivity contribution in [2.24, 2.45) is 0 Å². The number of phenolic OH excluding ortho intramolecular Hbond substituents is 1. The van der Waals surface area contributed by atoms with Crippen LogP contribution in [0.2, 0.25) is 0 Å². The Kier molecular flexibility index (Phi) is 5.86. The van der Waals surface area contributed by atoms with E-state index in [1.54, 1.807) is 0 Å². The van der Waals surface area contributed by atoms with E-state index >= 15 is 0 Å². The van der Waals surface area contributed by atoms with Gasteiger partial charge >= 0.3 is 0 Å². The summed E-state index contributed by atoms with van der Waals surface area (Å²) in [6.07, 6.45) is 6.87. The highest BCUT2D eigenvalue weighted by molar-refractivity contribution is 5.74. The van der Waals surface area contributed by atoms with Gasteiger partial charge in [-0.15, -0.1) is 0 Å². The van der Waals surface area contributed by atoms with Gasteiger partial charge < -0.3 is 5.11 Å². The minimum Gasteiger partial charge on any atom is -0.507 e. The van der Waals surface area contributed by atoms with E-state index in [1.165, 1.54) is 24.8 Å². The van der Waals surface area contributed by atoms with Crippen LogP contribution in [0.5, 0.6) is 5.75 Å². The van der Waals surface area contributed by atoms with Crippen LogP contribution in [0.4, 0.5) is 0 Å². The molecule has 0 saturated heterocycles. The topological polar surface area (TPSA) is 20.2 Å². The van der Waals surface area contributed by atoms with Crippen LogP contribution in [0.3, 0.4) is 0 Å². The molecule has 0 fully saturated rings. The molecular formula is C20H26O. The van der Waals surface area contributed by atoms with Gasteiger partial charge in [0.05, 0.1) is 0 Å². The maximum Gasteiger partial charge on any atom is 0.126 e. The average Bonchev–Trinajstić information content (AvgIpc) is 2.53. The fourth-order valence-electron chi connectivity index (χ4n) is 2.84. The van der Waals surface area contributed by atoms with E-state index in [1.807, 2.05) is 12.1 Å². The molecule has 0 bridgehead atoms. The maximum atomic E-state index is 10.6. The van der Waals surface area contributed by atoms with Crippen molar-refractivity contribution in [3.63, 3.8) is 0 Å². The van der Waals surface area contributed by atoms with Crippen LogP contribution >= 0.6 is 0 Å². The first-order valence-electron chi connectivity index (χ1n) is 8.17. The van der Waals surface area contributed by atoms with E-state index in [2.05, 4.69) is 44.2 Å².